The van der Waals surface area contributed by atoms with Crippen LogP contribution in [0.4, 0.5) is 5.82 Å². The van der Waals surface area contributed by atoms with E-state index in [0.29, 0.717) is 0 Å². The molecule has 0 fully saturated rings. The Hall–Kier alpha value is -1.09. The molecule has 3 heteroatoms. The van der Waals surface area contributed by atoms with Crippen LogP contribution >= 0.6 is 0 Å². The van der Waals surface area contributed by atoms with Gasteiger partial charge < -0.3 is 10.6 Å². The third-order valence-corrected chi connectivity index (χ3v) is 2.10. The summed E-state index contributed by atoms with van der Waals surface area (Å²) in [5, 5.41) is 0. The molecule has 3 nitrogen and oxygen atoms in total. The fourth-order valence-electron chi connectivity index (χ4n) is 1.12. The van der Waals surface area contributed by atoms with Crippen LogP contribution in [0.1, 0.15) is 24.9 Å². The monoisotopic (exact) mass is 179 g/mol. The summed E-state index contributed by atoms with van der Waals surface area (Å²) in [6.45, 7) is 2.07. The van der Waals surface area contributed by atoms with Gasteiger partial charge in [-0.05, 0) is 18.1 Å². The molecule has 13 heavy (non-hydrogen) atoms. The Labute approximate surface area is 79.6 Å². The number of anilines is 1. The average molecular weight is 179 g/mol. The fraction of sp³-hybridized carbons (Fsp3) is 0.500. The van der Waals surface area contributed by atoms with E-state index in [1.54, 1.807) is 0 Å². The van der Waals surface area contributed by atoms with Crippen LogP contribution in [0.2, 0.25) is 0 Å². The standard InChI is InChI=1S/C10H17N3/c1-4-9(11)8-5-6-10(12-7-8)13(2)3/h5-7,9H,4,11H2,1-3H3. The number of nitrogens with zero attached hydrogens (tertiary/aromatic N) is 2. The molecule has 1 aromatic rings. The summed E-state index contributed by atoms with van der Waals surface area (Å²) >= 11 is 0. The van der Waals surface area contributed by atoms with Crippen molar-refractivity contribution >= 4 is 5.82 Å². The van der Waals surface area contributed by atoms with Crippen molar-refractivity contribution in [3.05, 3.63) is 23.9 Å². The molecule has 1 atom stereocenters. The maximum absolute atomic E-state index is 5.87. The lowest BCUT2D eigenvalue weighted by Gasteiger charge is -2.13. The molecule has 0 aliphatic carbocycles. The lowest BCUT2D eigenvalue weighted by molar-refractivity contribution is 0.695. The number of aromatic nitrogens is 1. The lowest BCUT2D eigenvalue weighted by Crippen LogP contribution is -2.12. The molecule has 1 aromatic heterocycles. The van der Waals surface area contributed by atoms with Crippen molar-refractivity contribution in [1.82, 2.24) is 4.98 Å². The van der Waals surface area contributed by atoms with Crippen LogP contribution in [0, 0.1) is 0 Å². The molecular formula is C10H17N3. The van der Waals surface area contributed by atoms with Gasteiger partial charge in [-0.2, -0.15) is 0 Å². The summed E-state index contributed by atoms with van der Waals surface area (Å²) in [6.07, 6.45) is 2.80. The third kappa shape index (κ3) is 2.42. The minimum atomic E-state index is 0.115. The summed E-state index contributed by atoms with van der Waals surface area (Å²) in [5.74, 6) is 0.965. The van der Waals surface area contributed by atoms with Crippen molar-refractivity contribution in [3.63, 3.8) is 0 Å². The number of nitrogens with two attached hydrogens (primary N) is 1. The van der Waals surface area contributed by atoms with Gasteiger partial charge >= 0.3 is 0 Å². The van der Waals surface area contributed by atoms with Crippen molar-refractivity contribution in [2.75, 3.05) is 19.0 Å². The van der Waals surface area contributed by atoms with Crippen molar-refractivity contribution in [2.45, 2.75) is 19.4 Å². The van der Waals surface area contributed by atoms with E-state index in [0.717, 1.165) is 17.8 Å². The molecule has 0 spiro atoms. The minimum absolute atomic E-state index is 0.115. The molecule has 0 aliphatic heterocycles. The number of pyridine rings is 1. The van der Waals surface area contributed by atoms with Crippen molar-refractivity contribution in [2.24, 2.45) is 5.73 Å². The molecule has 0 bridgehead atoms. The maximum Gasteiger partial charge on any atom is 0.127 e. The molecule has 72 valence electrons. The maximum atomic E-state index is 5.87. The normalized spacial score (nSPS) is 12.6. The van der Waals surface area contributed by atoms with Crippen molar-refractivity contribution < 1.29 is 0 Å². The Morgan fingerprint density at radius 1 is 1.46 bits per heavy atom. The quantitative estimate of drug-likeness (QED) is 0.765. The lowest BCUT2D eigenvalue weighted by atomic mass is 10.1. The average Bonchev–Trinajstić information content (AvgIpc) is 2.17. The second-order valence-corrected chi connectivity index (χ2v) is 3.36. The first-order valence-corrected chi connectivity index (χ1v) is 4.54. The fourth-order valence-corrected chi connectivity index (χ4v) is 1.12. The summed E-state index contributed by atoms with van der Waals surface area (Å²) in [6, 6.07) is 4.14. The first kappa shape index (κ1) is 9.99. The van der Waals surface area contributed by atoms with E-state index in [4.69, 9.17) is 5.73 Å². The van der Waals surface area contributed by atoms with Crippen LogP contribution in [0.3, 0.4) is 0 Å². The second kappa shape index (κ2) is 4.23. The predicted octanol–water partition coefficient (Wildman–Crippen LogP) is 1.56. The Bertz CT molecular complexity index is 253. The molecule has 1 unspecified atom stereocenters. The van der Waals surface area contributed by atoms with Gasteiger partial charge in [-0.15, -0.1) is 0 Å². The highest BCUT2D eigenvalue weighted by atomic mass is 15.1. The van der Waals surface area contributed by atoms with E-state index in [9.17, 15) is 0 Å². The number of rotatable bonds is 3. The van der Waals surface area contributed by atoms with Crippen LogP contribution in [0.15, 0.2) is 18.3 Å². The Balaban J connectivity index is 2.81. The van der Waals surface area contributed by atoms with Gasteiger partial charge in [0.2, 0.25) is 0 Å². The largest absolute Gasteiger partial charge is 0.363 e. The molecule has 0 saturated carbocycles. The molecule has 0 radical (unpaired) electrons. The molecular weight excluding hydrogens is 162 g/mol. The van der Waals surface area contributed by atoms with Gasteiger partial charge in [-0.3, -0.25) is 0 Å². The molecule has 2 N–H and O–H groups in total. The van der Waals surface area contributed by atoms with E-state index >= 15 is 0 Å². The molecule has 0 aliphatic rings. The van der Waals surface area contributed by atoms with Crippen LogP contribution in [-0.4, -0.2) is 19.1 Å². The van der Waals surface area contributed by atoms with Gasteiger partial charge in [0.25, 0.3) is 0 Å². The SMILES string of the molecule is CCC(N)c1ccc(N(C)C)nc1. The summed E-state index contributed by atoms with van der Waals surface area (Å²) < 4.78 is 0. The van der Waals surface area contributed by atoms with E-state index in [2.05, 4.69) is 11.9 Å². The highest BCUT2D eigenvalue weighted by Crippen LogP contribution is 2.14. The Kier molecular flexibility index (Phi) is 3.25. The van der Waals surface area contributed by atoms with E-state index in [1.807, 2.05) is 37.3 Å². The van der Waals surface area contributed by atoms with Crippen LogP contribution in [-0.2, 0) is 0 Å². The number of hydrogen-bond acceptors (Lipinski definition) is 3. The van der Waals surface area contributed by atoms with Crippen LogP contribution in [0.5, 0.6) is 0 Å². The van der Waals surface area contributed by atoms with Crippen molar-refractivity contribution in [1.29, 1.82) is 0 Å². The third-order valence-electron chi connectivity index (χ3n) is 2.10. The van der Waals surface area contributed by atoms with E-state index < -0.39 is 0 Å². The second-order valence-electron chi connectivity index (χ2n) is 3.36. The van der Waals surface area contributed by atoms with E-state index in [-0.39, 0.29) is 6.04 Å². The zero-order chi connectivity index (χ0) is 9.84. The summed E-state index contributed by atoms with van der Waals surface area (Å²) in [7, 11) is 3.95. The van der Waals surface area contributed by atoms with Gasteiger partial charge in [-0.25, -0.2) is 4.98 Å². The van der Waals surface area contributed by atoms with Crippen molar-refractivity contribution in [3.8, 4) is 0 Å². The molecule has 0 aromatic carbocycles. The molecule has 1 heterocycles. The molecule has 0 saturated heterocycles. The van der Waals surface area contributed by atoms with Gasteiger partial charge in [0.1, 0.15) is 5.82 Å². The zero-order valence-electron chi connectivity index (χ0n) is 8.49. The first-order chi connectivity index (χ1) is 6.15. The zero-order valence-corrected chi connectivity index (χ0v) is 8.49. The van der Waals surface area contributed by atoms with Gasteiger partial charge in [-0.1, -0.05) is 13.0 Å². The molecule has 0 amide bonds. The summed E-state index contributed by atoms with van der Waals surface area (Å²) in [5.41, 5.74) is 6.97. The highest BCUT2D eigenvalue weighted by molar-refractivity contribution is 5.37. The van der Waals surface area contributed by atoms with Gasteiger partial charge in [0.05, 0.1) is 0 Å². The van der Waals surface area contributed by atoms with Gasteiger partial charge in [0, 0.05) is 26.3 Å². The predicted molar refractivity (Wildman–Crippen MR) is 55.8 cm³/mol. The van der Waals surface area contributed by atoms with E-state index in [1.165, 1.54) is 0 Å². The Morgan fingerprint density at radius 2 is 2.15 bits per heavy atom. The Morgan fingerprint density at radius 3 is 2.54 bits per heavy atom. The summed E-state index contributed by atoms with van der Waals surface area (Å²) in [4.78, 5) is 6.27. The topological polar surface area (TPSA) is 42.1 Å². The molecule has 1 rings (SSSR count). The van der Waals surface area contributed by atoms with Crippen LogP contribution < -0.4 is 10.6 Å². The first-order valence-electron chi connectivity index (χ1n) is 4.54. The van der Waals surface area contributed by atoms with Crippen LogP contribution in [0.25, 0.3) is 0 Å². The highest BCUT2D eigenvalue weighted by Gasteiger charge is 2.03. The minimum Gasteiger partial charge on any atom is -0.363 e. The van der Waals surface area contributed by atoms with Gasteiger partial charge in [0.15, 0.2) is 0 Å². The number of hydrogen-bond donors (Lipinski definition) is 1. The smallest absolute Gasteiger partial charge is 0.127 e.